The molecule has 0 bridgehead atoms. The molecule has 98 valence electrons. The molecule has 1 atom stereocenters. The smallest absolute Gasteiger partial charge is 0.356 e. The molecule has 0 aliphatic carbocycles. The fraction of sp³-hybridized carbons (Fsp3) is 0.545. The van der Waals surface area contributed by atoms with Gasteiger partial charge in [0, 0.05) is 25.0 Å². The second-order valence-electron chi connectivity index (χ2n) is 4.16. The molecule has 1 aliphatic rings. The van der Waals surface area contributed by atoms with E-state index < -0.39 is 5.97 Å². The van der Waals surface area contributed by atoms with Gasteiger partial charge in [0.25, 0.3) is 0 Å². The largest absolute Gasteiger partial charge is 0.476 e. The number of aromatic nitrogens is 1. The van der Waals surface area contributed by atoms with Crippen molar-refractivity contribution < 1.29 is 14.7 Å². The Morgan fingerprint density at radius 2 is 2.22 bits per heavy atom. The molecular formula is C11H14N2O3S2. The third kappa shape index (κ3) is 2.57. The molecule has 0 spiro atoms. The van der Waals surface area contributed by atoms with E-state index in [0.29, 0.717) is 0 Å². The van der Waals surface area contributed by atoms with Crippen molar-refractivity contribution in [2.75, 3.05) is 25.1 Å². The van der Waals surface area contributed by atoms with E-state index >= 15 is 0 Å². The SMILES string of the molecule is CC(=O)c1sc(C2CSCCN2C)nc1C(=O)O. The van der Waals surface area contributed by atoms with Crippen molar-refractivity contribution >= 4 is 34.9 Å². The number of nitrogens with zero attached hydrogens (tertiary/aromatic N) is 2. The van der Waals surface area contributed by atoms with Crippen LogP contribution in [0.3, 0.4) is 0 Å². The van der Waals surface area contributed by atoms with Crippen LogP contribution in [0.1, 0.15) is 38.1 Å². The first-order valence-corrected chi connectivity index (χ1v) is 7.50. The lowest BCUT2D eigenvalue weighted by atomic mass is 10.3. The van der Waals surface area contributed by atoms with Crippen molar-refractivity contribution in [3.63, 3.8) is 0 Å². The number of hydrogen-bond acceptors (Lipinski definition) is 6. The number of ketones is 1. The maximum absolute atomic E-state index is 11.4. The van der Waals surface area contributed by atoms with Crippen LogP contribution in [0.5, 0.6) is 0 Å². The zero-order chi connectivity index (χ0) is 13.3. The number of thiazole rings is 1. The minimum atomic E-state index is -1.13. The number of carbonyl (C=O) groups excluding carboxylic acids is 1. The number of carbonyl (C=O) groups is 2. The number of hydrogen-bond donors (Lipinski definition) is 1. The standard InChI is InChI=1S/C11H14N2O3S2/c1-6(14)9-8(11(15)16)12-10(18-9)7-5-17-4-3-13(7)2/h7H,3-5H2,1-2H3,(H,15,16). The predicted molar refractivity (Wildman–Crippen MR) is 71.8 cm³/mol. The molecule has 0 saturated carbocycles. The van der Waals surface area contributed by atoms with Crippen LogP contribution in [0.25, 0.3) is 0 Å². The minimum Gasteiger partial charge on any atom is -0.476 e. The first-order chi connectivity index (χ1) is 8.50. The summed E-state index contributed by atoms with van der Waals surface area (Å²) >= 11 is 3.04. The Hall–Kier alpha value is -0.920. The molecule has 2 rings (SSSR count). The molecule has 1 aromatic heterocycles. The van der Waals surface area contributed by atoms with Crippen molar-refractivity contribution in [2.45, 2.75) is 13.0 Å². The summed E-state index contributed by atoms with van der Waals surface area (Å²) in [5.74, 6) is 0.598. The van der Waals surface area contributed by atoms with Gasteiger partial charge in [-0.3, -0.25) is 9.69 Å². The highest BCUT2D eigenvalue weighted by atomic mass is 32.2. The van der Waals surface area contributed by atoms with Crippen molar-refractivity contribution in [1.29, 1.82) is 0 Å². The monoisotopic (exact) mass is 286 g/mol. The second kappa shape index (κ2) is 5.38. The highest BCUT2D eigenvalue weighted by Gasteiger charge is 2.28. The predicted octanol–water partition coefficient (Wildman–Crippen LogP) is 1.76. The average Bonchev–Trinajstić information content (AvgIpc) is 2.74. The molecule has 1 aliphatic heterocycles. The van der Waals surface area contributed by atoms with Gasteiger partial charge in [0.05, 0.1) is 6.04 Å². The van der Waals surface area contributed by atoms with Crippen molar-refractivity contribution in [2.24, 2.45) is 0 Å². The highest BCUT2D eigenvalue weighted by Crippen LogP contribution is 2.32. The summed E-state index contributed by atoms with van der Waals surface area (Å²) in [4.78, 5) is 29.1. The van der Waals surface area contributed by atoms with Crippen LogP contribution in [0.4, 0.5) is 0 Å². The lowest BCUT2D eigenvalue weighted by Crippen LogP contribution is -2.32. The van der Waals surface area contributed by atoms with E-state index in [1.165, 1.54) is 18.3 Å². The average molecular weight is 286 g/mol. The summed E-state index contributed by atoms with van der Waals surface area (Å²) in [6.07, 6.45) is 0. The van der Waals surface area contributed by atoms with Crippen molar-refractivity contribution in [3.05, 3.63) is 15.6 Å². The number of rotatable bonds is 3. The van der Waals surface area contributed by atoms with Gasteiger partial charge in [0.2, 0.25) is 0 Å². The molecule has 2 heterocycles. The third-order valence-electron chi connectivity index (χ3n) is 2.85. The molecule has 1 saturated heterocycles. The Morgan fingerprint density at radius 1 is 1.50 bits per heavy atom. The minimum absolute atomic E-state index is 0.105. The molecule has 0 radical (unpaired) electrons. The van der Waals surface area contributed by atoms with Gasteiger partial charge in [0.15, 0.2) is 11.5 Å². The number of Topliss-reactive ketones (excluding diaryl/α,β-unsaturated/α-hetero) is 1. The molecule has 1 unspecified atom stereocenters. The van der Waals surface area contributed by atoms with Gasteiger partial charge in [0.1, 0.15) is 9.88 Å². The molecule has 18 heavy (non-hydrogen) atoms. The maximum Gasteiger partial charge on any atom is 0.356 e. The summed E-state index contributed by atoms with van der Waals surface area (Å²) < 4.78 is 0. The van der Waals surface area contributed by atoms with Crippen molar-refractivity contribution in [3.8, 4) is 0 Å². The Morgan fingerprint density at radius 3 is 2.72 bits per heavy atom. The highest BCUT2D eigenvalue weighted by molar-refractivity contribution is 7.99. The second-order valence-corrected chi connectivity index (χ2v) is 6.34. The van der Waals surface area contributed by atoms with Crippen LogP contribution in [-0.4, -0.2) is 51.8 Å². The van der Waals surface area contributed by atoms with E-state index in [4.69, 9.17) is 5.11 Å². The fourth-order valence-electron chi connectivity index (χ4n) is 1.81. The number of carboxylic acid groups (broad SMARTS) is 1. The topological polar surface area (TPSA) is 70.5 Å². The lowest BCUT2D eigenvalue weighted by molar-refractivity contribution is 0.0686. The van der Waals surface area contributed by atoms with Gasteiger partial charge in [-0.2, -0.15) is 11.8 Å². The van der Waals surface area contributed by atoms with E-state index in [-0.39, 0.29) is 22.4 Å². The molecular weight excluding hydrogens is 272 g/mol. The Balaban J connectivity index is 2.36. The van der Waals surface area contributed by atoms with Gasteiger partial charge in [-0.1, -0.05) is 0 Å². The fourth-order valence-corrected chi connectivity index (χ4v) is 4.25. The van der Waals surface area contributed by atoms with Crippen molar-refractivity contribution in [1.82, 2.24) is 9.88 Å². The summed E-state index contributed by atoms with van der Waals surface area (Å²) in [6, 6.07) is 0.111. The van der Waals surface area contributed by atoms with E-state index in [1.807, 2.05) is 18.8 Å². The maximum atomic E-state index is 11.4. The molecule has 1 fully saturated rings. The van der Waals surface area contributed by atoms with Crippen LogP contribution >= 0.6 is 23.1 Å². The van der Waals surface area contributed by atoms with E-state index in [0.717, 1.165) is 23.1 Å². The zero-order valence-electron chi connectivity index (χ0n) is 10.2. The third-order valence-corrected chi connectivity index (χ3v) is 5.13. The Kier molecular flexibility index (Phi) is 4.04. The van der Waals surface area contributed by atoms with Crippen LogP contribution in [0, 0.1) is 0 Å². The summed E-state index contributed by atoms with van der Waals surface area (Å²) in [7, 11) is 2.00. The van der Waals surface area contributed by atoms with Gasteiger partial charge >= 0.3 is 5.97 Å². The lowest BCUT2D eigenvalue weighted by Gasteiger charge is -2.30. The molecule has 5 nitrogen and oxygen atoms in total. The van der Waals surface area contributed by atoms with Crippen LogP contribution in [0.15, 0.2) is 0 Å². The molecule has 1 aromatic rings. The van der Waals surface area contributed by atoms with Gasteiger partial charge in [-0.25, -0.2) is 9.78 Å². The number of thioether (sulfide) groups is 1. The van der Waals surface area contributed by atoms with Gasteiger partial charge in [-0.15, -0.1) is 11.3 Å². The molecule has 0 amide bonds. The molecule has 1 N–H and O–H groups in total. The summed E-state index contributed by atoms with van der Waals surface area (Å²) in [5, 5.41) is 9.79. The quantitative estimate of drug-likeness (QED) is 0.854. The van der Waals surface area contributed by atoms with Crippen LogP contribution in [-0.2, 0) is 0 Å². The first kappa shape index (κ1) is 13.5. The summed E-state index contributed by atoms with van der Waals surface area (Å²) in [5.41, 5.74) is -0.105. The Bertz CT molecular complexity index is 455. The zero-order valence-corrected chi connectivity index (χ0v) is 11.8. The number of aromatic carboxylic acids is 1. The van der Waals surface area contributed by atoms with Crippen LogP contribution < -0.4 is 0 Å². The molecule has 0 aromatic carbocycles. The first-order valence-electron chi connectivity index (χ1n) is 5.53. The molecule has 7 heteroatoms. The van der Waals surface area contributed by atoms with E-state index in [2.05, 4.69) is 9.88 Å². The van der Waals surface area contributed by atoms with Gasteiger partial charge in [-0.05, 0) is 7.05 Å². The Labute approximate surface area is 113 Å². The van der Waals surface area contributed by atoms with E-state index in [9.17, 15) is 9.59 Å². The van der Waals surface area contributed by atoms with Gasteiger partial charge < -0.3 is 5.11 Å². The van der Waals surface area contributed by atoms with Crippen LogP contribution in [0.2, 0.25) is 0 Å². The summed E-state index contributed by atoms with van der Waals surface area (Å²) in [6.45, 7) is 2.33. The normalized spacial score (nSPS) is 20.9. The number of carboxylic acids is 1. The van der Waals surface area contributed by atoms with E-state index in [1.54, 1.807) is 0 Å².